The van der Waals surface area contributed by atoms with Gasteiger partial charge in [-0.15, -0.1) is 0 Å². The number of likely N-dealkylation sites (tertiary alicyclic amines) is 1. The number of aromatic nitrogens is 3. The fraction of sp³-hybridized carbons (Fsp3) is 0.458. The van der Waals surface area contributed by atoms with E-state index in [1.165, 1.54) is 0 Å². The van der Waals surface area contributed by atoms with Crippen molar-refractivity contribution < 1.29 is 4.79 Å². The lowest BCUT2D eigenvalue weighted by Crippen LogP contribution is -2.47. The average Bonchev–Trinajstić information content (AvgIpc) is 3.06. The Hall–Kier alpha value is -2.73. The highest BCUT2D eigenvalue weighted by Crippen LogP contribution is 2.33. The first kappa shape index (κ1) is 20.5. The minimum Gasteiger partial charge on any atom is -0.331 e. The quantitative estimate of drug-likeness (QED) is 0.699. The molecule has 0 saturated carbocycles. The number of hydrogen-bond acceptors (Lipinski definition) is 4. The number of aryl methyl sites for hydroxylation is 1. The maximum atomic E-state index is 13.1. The normalized spacial score (nSPS) is 16.9. The molecule has 1 aliphatic rings. The number of benzene rings is 1. The highest BCUT2D eigenvalue weighted by atomic mass is 16.2. The number of nitrogens with one attached hydrogen (secondary N) is 1. The summed E-state index contributed by atoms with van der Waals surface area (Å²) in [5.74, 6) is 1.65. The van der Waals surface area contributed by atoms with Crippen LogP contribution in [0.2, 0.25) is 0 Å². The Morgan fingerprint density at radius 2 is 1.83 bits per heavy atom. The number of imidazole rings is 1. The molecule has 0 aliphatic carbocycles. The molecule has 0 bridgehead atoms. The second-order valence-electron chi connectivity index (χ2n) is 9.03. The monoisotopic (exact) mass is 405 g/mol. The zero-order chi connectivity index (χ0) is 21.5. The van der Waals surface area contributed by atoms with Crippen molar-refractivity contribution >= 4 is 22.5 Å². The van der Waals surface area contributed by atoms with E-state index < -0.39 is 0 Å². The molecule has 4 rings (SSSR count). The summed E-state index contributed by atoms with van der Waals surface area (Å²) in [4.78, 5) is 24.4. The number of piperidine rings is 1. The third kappa shape index (κ3) is 3.84. The topological polar surface area (TPSA) is 63.1 Å². The number of anilines is 1. The lowest BCUT2D eigenvalue weighted by molar-refractivity contribution is -0.127. The largest absolute Gasteiger partial charge is 0.331 e. The van der Waals surface area contributed by atoms with Gasteiger partial charge in [-0.05, 0) is 64.2 Å². The van der Waals surface area contributed by atoms with E-state index in [2.05, 4.69) is 63.7 Å². The van der Waals surface area contributed by atoms with Crippen molar-refractivity contribution in [2.75, 3.05) is 18.4 Å². The van der Waals surface area contributed by atoms with Crippen LogP contribution in [0.25, 0.3) is 22.0 Å². The molecule has 158 valence electrons. The molecule has 2 aromatic heterocycles. The molecular weight excluding hydrogens is 374 g/mol. The van der Waals surface area contributed by atoms with Crippen molar-refractivity contribution in [2.45, 2.75) is 46.6 Å². The number of nitrogens with zero attached hydrogens (tertiary/aromatic N) is 4. The fourth-order valence-corrected chi connectivity index (χ4v) is 4.17. The summed E-state index contributed by atoms with van der Waals surface area (Å²) < 4.78 is 2.08. The predicted octanol–water partition coefficient (Wildman–Crippen LogP) is 4.39. The average molecular weight is 406 g/mol. The van der Waals surface area contributed by atoms with Crippen LogP contribution in [0.1, 0.15) is 39.4 Å². The summed E-state index contributed by atoms with van der Waals surface area (Å²) in [5.41, 5.74) is 1.82. The Balaban J connectivity index is 1.54. The van der Waals surface area contributed by atoms with E-state index in [0.29, 0.717) is 11.9 Å². The Kier molecular flexibility index (Phi) is 5.36. The van der Waals surface area contributed by atoms with Crippen molar-refractivity contribution in [3.8, 4) is 11.3 Å². The highest BCUT2D eigenvalue weighted by molar-refractivity contribution is 5.96. The van der Waals surface area contributed by atoms with Gasteiger partial charge >= 0.3 is 0 Å². The lowest BCUT2D eigenvalue weighted by atomic mass is 9.79. The smallest absolute Gasteiger partial charge is 0.231 e. The van der Waals surface area contributed by atoms with Gasteiger partial charge in [0.25, 0.3) is 0 Å². The van der Waals surface area contributed by atoms with Gasteiger partial charge in [-0.2, -0.15) is 0 Å². The molecule has 3 aromatic rings. The van der Waals surface area contributed by atoms with E-state index in [9.17, 15) is 4.79 Å². The molecule has 3 heterocycles. The SMILES string of the molecule is Cc1ncc(-c2ccc3cnc(NC(=O)C4(C)CCN(C(C)C)CC4)cc3c2)n1C. The van der Waals surface area contributed by atoms with Gasteiger partial charge in [0, 0.05) is 35.7 Å². The number of pyridine rings is 1. The van der Waals surface area contributed by atoms with Crippen LogP contribution >= 0.6 is 0 Å². The third-order valence-corrected chi connectivity index (χ3v) is 6.66. The van der Waals surface area contributed by atoms with Gasteiger partial charge in [-0.25, -0.2) is 9.97 Å². The fourth-order valence-electron chi connectivity index (χ4n) is 4.17. The molecular formula is C24H31N5O. The number of amides is 1. The molecule has 6 heteroatoms. The third-order valence-electron chi connectivity index (χ3n) is 6.66. The number of carbonyl (C=O) groups is 1. The van der Waals surface area contributed by atoms with Crippen LogP contribution in [0, 0.1) is 12.3 Å². The first-order valence-electron chi connectivity index (χ1n) is 10.7. The van der Waals surface area contributed by atoms with Crippen LogP contribution in [0.15, 0.2) is 36.7 Å². The summed E-state index contributed by atoms with van der Waals surface area (Å²) in [6.07, 6.45) is 5.46. The number of carbonyl (C=O) groups excluding carboxylic acids is 1. The van der Waals surface area contributed by atoms with Gasteiger partial charge in [-0.3, -0.25) is 4.79 Å². The Morgan fingerprint density at radius 3 is 2.47 bits per heavy atom. The predicted molar refractivity (Wildman–Crippen MR) is 121 cm³/mol. The summed E-state index contributed by atoms with van der Waals surface area (Å²) in [7, 11) is 2.02. The highest BCUT2D eigenvalue weighted by Gasteiger charge is 2.37. The summed E-state index contributed by atoms with van der Waals surface area (Å²) in [6, 6.07) is 8.77. The molecule has 0 radical (unpaired) electrons. The molecule has 1 aliphatic heterocycles. The first-order chi connectivity index (χ1) is 14.3. The van der Waals surface area contributed by atoms with Crippen LogP contribution < -0.4 is 5.32 Å². The zero-order valence-corrected chi connectivity index (χ0v) is 18.6. The molecule has 1 aromatic carbocycles. The molecule has 0 unspecified atom stereocenters. The van der Waals surface area contributed by atoms with Crippen molar-refractivity contribution in [3.63, 3.8) is 0 Å². The van der Waals surface area contributed by atoms with Gasteiger partial charge in [-0.1, -0.05) is 19.1 Å². The van der Waals surface area contributed by atoms with Crippen LogP contribution in [-0.4, -0.2) is 44.5 Å². The molecule has 6 nitrogen and oxygen atoms in total. The van der Waals surface area contributed by atoms with Crippen LogP contribution in [0.5, 0.6) is 0 Å². The Morgan fingerprint density at radius 1 is 1.10 bits per heavy atom. The first-order valence-corrected chi connectivity index (χ1v) is 10.7. The standard InChI is InChI=1S/C24H31N5O/c1-16(2)29-10-8-24(4,9-11-29)23(30)27-22-13-20-12-18(6-7-19(20)14-26-22)21-15-25-17(3)28(21)5/h6-7,12-16H,8-11H2,1-5H3,(H,26,27,30). The van der Waals surface area contributed by atoms with Gasteiger partial charge in [0.1, 0.15) is 11.6 Å². The second kappa shape index (κ2) is 7.84. The zero-order valence-electron chi connectivity index (χ0n) is 18.6. The van der Waals surface area contributed by atoms with Crippen LogP contribution in [0.3, 0.4) is 0 Å². The molecule has 1 fully saturated rings. The van der Waals surface area contributed by atoms with Crippen molar-refractivity contribution in [3.05, 3.63) is 42.5 Å². The summed E-state index contributed by atoms with van der Waals surface area (Å²) in [6.45, 7) is 10.4. The molecule has 0 spiro atoms. The number of hydrogen-bond donors (Lipinski definition) is 1. The summed E-state index contributed by atoms with van der Waals surface area (Å²) in [5, 5.41) is 5.18. The van der Waals surface area contributed by atoms with Crippen LogP contribution in [0.4, 0.5) is 5.82 Å². The summed E-state index contributed by atoms with van der Waals surface area (Å²) >= 11 is 0. The van der Waals surface area contributed by atoms with E-state index in [1.807, 2.05) is 32.4 Å². The Labute approximate surface area is 178 Å². The molecule has 1 saturated heterocycles. The van der Waals surface area contributed by atoms with Crippen molar-refractivity contribution in [1.29, 1.82) is 0 Å². The lowest BCUT2D eigenvalue weighted by Gasteiger charge is -2.39. The minimum atomic E-state index is -0.351. The number of fused-ring (bicyclic) bond motifs is 1. The second-order valence-corrected chi connectivity index (χ2v) is 9.03. The van der Waals surface area contributed by atoms with Gasteiger partial charge < -0.3 is 14.8 Å². The maximum Gasteiger partial charge on any atom is 0.231 e. The molecule has 0 atom stereocenters. The van der Waals surface area contributed by atoms with Gasteiger partial charge in [0.2, 0.25) is 5.91 Å². The van der Waals surface area contributed by atoms with E-state index in [-0.39, 0.29) is 11.3 Å². The maximum absolute atomic E-state index is 13.1. The van der Waals surface area contributed by atoms with E-state index in [4.69, 9.17) is 0 Å². The van der Waals surface area contributed by atoms with E-state index in [0.717, 1.165) is 53.8 Å². The van der Waals surface area contributed by atoms with E-state index in [1.54, 1.807) is 0 Å². The van der Waals surface area contributed by atoms with Crippen molar-refractivity contribution in [2.24, 2.45) is 12.5 Å². The van der Waals surface area contributed by atoms with Gasteiger partial charge in [0.15, 0.2) is 0 Å². The van der Waals surface area contributed by atoms with Crippen LogP contribution in [-0.2, 0) is 11.8 Å². The molecule has 1 N–H and O–H groups in total. The molecule has 1 amide bonds. The van der Waals surface area contributed by atoms with Gasteiger partial charge in [0.05, 0.1) is 11.9 Å². The molecule has 30 heavy (non-hydrogen) atoms. The van der Waals surface area contributed by atoms with Crippen molar-refractivity contribution in [1.82, 2.24) is 19.4 Å². The number of rotatable bonds is 4. The van der Waals surface area contributed by atoms with E-state index >= 15 is 0 Å². The minimum absolute atomic E-state index is 0.0659. The Bertz CT molecular complexity index is 1080.